The second kappa shape index (κ2) is 11.6. The van der Waals surface area contributed by atoms with E-state index in [9.17, 15) is 22.5 Å². The fourth-order valence-electron chi connectivity index (χ4n) is 5.41. The third-order valence-corrected chi connectivity index (χ3v) is 7.84. The molecule has 1 unspecified atom stereocenters. The number of nitrogens with one attached hydrogen (secondary N) is 2. The van der Waals surface area contributed by atoms with Crippen molar-refractivity contribution in [2.45, 2.75) is 50.4 Å². The highest BCUT2D eigenvalue weighted by Gasteiger charge is 2.38. The molecular weight excluding hydrogens is 562 g/mol. The summed E-state index contributed by atoms with van der Waals surface area (Å²) in [6, 6.07) is 10.3. The monoisotopic (exact) mass is 590 g/mol. The van der Waals surface area contributed by atoms with E-state index in [4.69, 9.17) is 14.2 Å². The number of halogens is 3. The summed E-state index contributed by atoms with van der Waals surface area (Å²) in [4.78, 5) is 31.8. The highest BCUT2D eigenvalue weighted by atomic mass is 31.1. The zero-order valence-corrected chi connectivity index (χ0v) is 23.1. The topological polar surface area (TPSA) is 126 Å². The van der Waals surface area contributed by atoms with Crippen molar-refractivity contribution < 1.29 is 36.7 Å². The first-order valence-corrected chi connectivity index (χ1v) is 14.0. The molecule has 2 heterocycles. The molecule has 5 rings (SSSR count). The normalized spacial score (nSPS) is 19.1. The van der Waals surface area contributed by atoms with Crippen LogP contribution in [0.3, 0.4) is 0 Å². The fourth-order valence-corrected chi connectivity index (χ4v) is 5.88. The van der Waals surface area contributed by atoms with Crippen LogP contribution in [0.2, 0.25) is 0 Å². The molecule has 41 heavy (non-hydrogen) atoms. The molecule has 0 radical (unpaired) electrons. The maximum atomic E-state index is 14.0. The summed E-state index contributed by atoms with van der Waals surface area (Å²) in [6.45, 7) is 0.314. The first kappa shape index (κ1) is 28.7. The van der Waals surface area contributed by atoms with Gasteiger partial charge in [0.2, 0.25) is 5.95 Å². The van der Waals surface area contributed by atoms with Crippen LogP contribution in [-0.4, -0.2) is 45.9 Å². The number of anilines is 4. The van der Waals surface area contributed by atoms with Crippen molar-refractivity contribution in [1.82, 2.24) is 14.9 Å². The molecule has 1 aliphatic carbocycles. The Morgan fingerprint density at radius 2 is 1.80 bits per heavy atom. The Morgan fingerprint density at radius 1 is 1.07 bits per heavy atom. The highest BCUT2D eigenvalue weighted by molar-refractivity contribution is 7.32. The van der Waals surface area contributed by atoms with Gasteiger partial charge in [-0.1, -0.05) is 18.2 Å². The third-order valence-electron chi connectivity index (χ3n) is 7.36. The lowest BCUT2D eigenvalue weighted by atomic mass is 9.80. The molecule has 0 saturated heterocycles. The largest absolute Gasteiger partial charge is 0.694 e. The van der Waals surface area contributed by atoms with E-state index < -0.39 is 25.8 Å². The summed E-state index contributed by atoms with van der Waals surface area (Å²) in [5.74, 6) is -0.370. The number of amides is 1. The summed E-state index contributed by atoms with van der Waals surface area (Å²) < 4.78 is 63.3. The predicted octanol–water partition coefficient (Wildman–Crippen LogP) is 6.27. The lowest BCUT2D eigenvalue weighted by Gasteiger charge is -2.27. The van der Waals surface area contributed by atoms with E-state index in [1.165, 1.54) is 12.0 Å². The maximum absolute atomic E-state index is 14.0. The zero-order chi connectivity index (χ0) is 29.3. The standard InChI is InChI=1S/C27H27F3N5O5P/c1-35-14-18-17(15-7-9-16(10-8-15)40-41(37)38)11-12-21(23(18)25(35)36)32-24-19(27(28,29)30)13-31-26(34-24)33-20-5-3-4-6-22(20)39-2/h3-6,11-13,15-16H,7-10,14H2,1-2H3,(H2-,31,32,33,34,36,37,38)/p+1. The van der Waals surface area contributed by atoms with Crippen LogP contribution in [0.5, 0.6) is 5.75 Å². The van der Waals surface area contributed by atoms with Crippen LogP contribution in [-0.2, 0) is 21.8 Å². The molecule has 2 aromatic carbocycles. The number of aromatic nitrogens is 2. The molecule has 1 aliphatic heterocycles. The minimum atomic E-state index is -4.76. The molecule has 216 valence electrons. The van der Waals surface area contributed by atoms with Gasteiger partial charge in [0, 0.05) is 24.4 Å². The van der Waals surface area contributed by atoms with Crippen LogP contribution in [0.4, 0.5) is 36.3 Å². The Morgan fingerprint density at radius 3 is 2.49 bits per heavy atom. The van der Waals surface area contributed by atoms with Crippen molar-refractivity contribution in [1.29, 1.82) is 0 Å². The molecule has 0 spiro atoms. The maximum Gasteiger partial charge on any atom is 0.694 e. The number of carbonyl (C=O) groups is 1. The second-order valence-electron chi connectivity index (χ2n) is 9.94. The van der Waals surface area contributed by atoms with Gasteiger partial charge in [-0.25, -0.2) is 4.98 Å². The number of nitrogens with zero attached hydrogens (tertiary/aromatic N) is 3. The molecule has 2 aliphatic rings. The number of benzene rings is 2. The van der Waals surface area contributed by atoms with Gasteiger partial charge in [-0.15, -0.1) is 9.42 Å². The van der Waals surface area contributed by atoms with Gasteiger partial charge >= 0.3 is 14.4 Å². The number of hydrogen-bond acceptors (Lipinski definition) is 8. The minimum Gasteiger partial charge on any atom is -0.495 e. The van der Waals surface area contributed by atoms with Crippen molar-refractivity contribution in [3.63, 3.8) is 0 Å². The van der Waals surface area contributed by atoms with Crippen LogP contribution >= 0.6 is 8.25 Å². The first-order valence-electron chi connectivity index (χ1n) is 12.9. The fraction of sp³-hybridized carbons (Fsp3) is 0.370. The first-order chi connectivity index (χ1) is 19.5. The van der Waals surface area contributed by atoms with E-state index in [0.717, 1.165) is 11.1 Å². The molecule has 10 nitrogen and oxygen atoms in total. The van der Waals surface area contributed by atoms with Gasteiger partial charge in [0.15, 0.2) is 0 Å². The Hall–Kier alpha value is -3.80. The van der Waals surface area contributed by atoms with E-state index >= 15 is 0 Å². The van der Waals surface area contributed by atoms with Crippen molar-refractivity contribution in [2.24, 2.45) is 0 Å². The lowest BCUT2D eigenvalue weighted by molar-refractivity contribution is -0.137. The van der Waals surface area contributed by atoms with Crippen LogP contribution in [0.1, 0.15) is 58.6 Å². The summed E-state index contributed by atoms with van der Waals surface area (Å²) in [6.07, 6.45) is -1.83. The van der Waals surface area contributed by atoms with E-state index in [2.05, 4.69) is 20.6 Å². The molecule has 3 N–H and O–H groups in total. The molecule has 1 aromatic heterocycles. The van der Waals surface area contributed by atoms with E-state index in [1.54, 1.807) is 37.4 Å². The molecule has 1 fully saturated rings. The van der Waals surface area contributed by atoms with Gasteiger partial charge in [0.1, 0.15) is 23.2 Å². The van der Waals surface area contributed by atoms with Crippen molar-refractivity contribution in [2.75, 3.05) is 24.8 Å². The zero-order valence-electron chi connectivity index (χ0n) is 22.2. The van der Waals surface area contributed by atoms with E-state index in [1.807, 2.05) is 6.07 Å². The van der Waals surface area contributed by atoms with Crippen molar-refractivity contribution in [3.8, 4) is 5.75 Å². The summed E-state index contributed by atoms with van der Waals surface area (Å²) in [5, 5.41) is 5.66. The van der Waals surface area contributed by atoms with Crippen LogP contribution in [0, 0.1) is 0 Å². The average molecular weight is 591 g/mol. The van der Waals surface area contributed by atoms with Gasteiger partial charge in [0.25, 0.3) is 5.91 Å². The van der Waals surface area contributed by atoms with Crippen LogP contribution in [0.15, 0.2) is 42.6 Å². The van der Waals surface area contributed by atoms with Gasteiger partial charge in [-0.2, -0.15) is 18.2 Å². The quantitative estimate of drug-likeness (QED) is 0.260. The predicted molar refractivity (Wildman–Crippen MR) is 145 cm³/mol. The Kier molecular flexibility index (Phi) is 8.12. The molecule has 0 bridgehead atoms. The Labute approximate surface area is 234 Å². The minimum absolute atomic E-state index is 0.0787. The summed E-state index contributed by atoms with van der Waals surface area (Å²) in [5.41, 5.74) is 1.57. The van der Waals surface area contributed by atoms with E-state index in [0.29, 0.717) is 55.4 Å². The SMILES string of the molecule is COc1ccccc1Nc1ncc(C(F)(F)F)c(Nc2ccc(C3CCC(O[P+](=O)O)CC3)c3c2C(=O)N(C)C3)n1. The summed E-state index contributed by atoms with van der Waals surface area (Å²) >= 11 is 0. The number of rotatable bonds is 8. The third kappa shape index (κ3) is 6.12. The smallest absolute Gasteiger partial charge is 0.495 e. The number of hydrogen-bond donors (Lipinski definition) is 3. The second-order valence-corrected chi connectivity index (χ2v) is 10.6. The summed E-state index contributed by atoms with van der Waals surface area (Å²) in [7, 11) is 0.428. The number of carbonyl (C=O) groups excluding carboxylic acids is 1. The van der Waals surface area contributed by atoms with Gasteiger partial charge in [-0.05, 0) is 60.9 Å². The number of ether oxygens (including phenoxy) is 1. The lowest BCUT2D eigenvalue weighted by Crippen LogP contribution is -2.19. The van der Waals surface area contributed by atoms with Gasteiger partial charge < -0.3 is 20.3 Å². The average Bonchev–Trinajstić information content (AvgIpc) is 3.23. The number of para-hydroxylation sites is 2. The van der Waals surface area contributed by atoms with Crippen molar-refractivity contribution in [3.05, 3.63) is 64.8 Å². The molecule has 14 heteroatoms. The molecule has 1 saturated carbocycles. The highest BCUT2D eigenvalue weighted by Crippen LogP contribution is 2.43. The van der Waals surface area contributed by atoms with Crippen LogP contribution in [0.25, 0.3) is 0 Å². The van der Waals surface area contributed by atoms with E-state index in [-0.39, 0.29) is 29.6 Å². The Bertz CT molecular complexity index is 1480. The number of alkyl halides is 3. The van der Waals surface area contributed by atoms with Gasteiger partial charge in [-0.3, -0.25) is 4.79 Å². The number of methoxy groups -OCH3 is 1. The Balaban J connectivity index is 1.48. The number of fused-ring (bicyclic) bond motifs is 1. The molecule has 1 amide bonds. The molecule has 3 aromatic rings. The molecule has 1 atom stereocenters. The molecular formula is C27H28F3N5O5P+. The van der Waals surface area contributed by atoms with Crippen LogP contribution < -0.4 is 15.4 Å². The van der Waals surface area contributed by atoms with Gasteiger partial charge in [0.05, 0.1) is 24.0 Å². The van der Waals surface area contributed by atoms with Crippen molar-refractivity contribution >= 4 is 37.3 Å².